The first-order valence-electron chi connectivity index (χ1n) is 10.5. The molecular weight excluding hydrogens is 396 g/mol. The molecule has 3 heterocycles. The van der Waals surface area contributed by atoms with Crippen molar-refractivity contribution in [1.82, 2.24) is 19.9 Å². The van der Waals surface area contributed by atoms with E-state index in [1.54, 1.807) is 18.4 Å². The van der Waals surface area contributed by atoms with Gasteiger partial charge in [0.25, 0.3) is 0 Å². The number of methoxy groups -OCH3 is 1. The summed E-state index contributed by atoms with van der Waals surface area (Å²) in [5.74, 6) is 1.20. The molecule has 1 amide bonds. The molecule has 0 unspecified atom stereocenters. The lowest BCUT2D eigenvalue weighted by molar-refractivity contribution is -0.129. The van der Waals surface area contributed by atoms with Crippen molar-refractivity contribution in [2.75, 3.05) is 20.2 Å². The number of benzene rings is 1. The second-order valence-electron chi connectivity index (χ2n) is 8.39. The number of hydrogen-bond acceptors (Lipinski definition) is 5. The molecule has 30 heavy (non-hydrogen) atoms. The summed E-state index contributed by atoms with van der Waals surface area (Å²) >= 11 is 1.66. The van der Waals surface area contributed by atoms with Crippen LogP contribution in [0.15, 0.2) is 53.4 Å². The van der Waals surface area contributed by atoms with Gasteiger partial charge in [-0.05, 0) is 41.7 Å². The lowest BCUT2D eigenvalue weighted by Gasteiger charge is -2.36. The van der Waals surface area contributed by atoms with Crippen molar-refractivity contribution >= 4 is 17.2 Å². The summed E-state index contributed by atoms with van der Waals surface area (Å²) in [6.07, 6.45) is 4.52. The molecule has 1 aliphatic heterocycles. The van der Waals surface area contributed by atoms with Gasteiger partial charge in [0.1, 0.15) is 5.69 Å². The van der Waals surface area contributed by atoms with Crippen molar-refractivity contribution in [3.8, 4) is 11.3 Å². The highest BCUT2D eigenvalue weighted by Crippen LogP contribution is 2.42. The van der Waals surface area contributed by atoms with E-state index in [2.05, 4.69) is 32.0 Å². The van der Waals surface area contributed by atoms with Crippen molar-refractivity contribution in [1.29, 1.82) is 0 Å². The first kappa shape index (κ1) is 19.5. The third kappa shape index (κ3) is 3.79. The summed E-state index contributed by atoms with van der Waals surface area (Å²) in [5, 5.41) is 12.9. The van der Waals surface area contributed by atoms with Crippen molar-refractivity contribution in [2.45, 2.75) is 31.4 Å². The minimum absolute atomic E-state index is 0.0902. The zero-order valence-corrected chi connectivity index (χ0v) is 17.9. The monoisotopic (exact) mass is 422 g/mol. The van der Waals surface area contributed by atoms with Crippen LogP contribution in [0.1, 0.15) is 24.4 Å². The fraction of sp³-hybridized carbons (Fsp3) is 0.435. The molecule has 156 valence electrons. The van der Waals surface area contributed by atoms with E-state index in [9.17, 15) is 4.79 Å². The highest BCUT2D eigenvalue weighted by Gasteiger charge is 2.44. The number of hydrogen-bond donors (Lipinski definition) is 0. The predicted octanol–water partition coefficient (Wildman–Crippen LogP) is 3.67. The van der Waals surface area contributed by atoms with E-state index in [-0.39, 0.29) is 18.1 Å². The highest BCUT2D eigenvalue weighted by molar-refractivity contribution is 7.08. The van der Waals surface area contributed by atoms with Gasteiger partial charge in [0.05, 0.1) is 24.8 Å². The molecule has 2 aromatic heterocycles. The van der Waals surface area contributed by atoms with E-state index in [1.807, 2.05) is 41.2 Å². The van der Waals surface area contributed by atoms with Crippen molar-refractivity contribution < 1.29 is 9.53 Å². The Hall–Kier alpha value is -2.51. The molecule has 7 heteroatoms. The van der Waals surface area contributed by atoms with Crippen LogP contribution in [0.4, 0.5) is 0 Å². The van der Waals surface area contributed by atoms with Gasteiger partial charge in [0, 0.05) is 31.1 Å². The van der Waals surface area contributed by atoms with Crippen LogP contribution in [0, 0.1) is 11.8 Å². The van der Waals surface area contributed by atoms with Crippen molar-refractivity contribution in [3.05, 3.63) is 58.9 Å². The lowest BCUT2D eigenvalue weighted by Crippen LogP contribution is -2.37. The third-order valence-corrected chi connectivity index (χ3v) is 7.29. The number of likely N-dealkylation sites (tertiary alicyclic amines) is 1. The molecule has 0 spiro atoms. The highest BCUT2D eigenvalue weighted by atomic mass is 32.1. The Labute approximate surface area is 180 Å². The van der Waals surface area contributed by atoms with E-state index >= 15 is 0 Å². The van der Waals surface area contributed by atoms with Crippen LogP contribution in [0.2, 0.25) is 0 Å². The van der Waals surface area contributed by atoms with Gasteiger partial charge in [-0.3, -0.25) is 4.79 Å². The van der Waals surface area contributed by atoms with E-state index in [1.165, 1.54) is 0 Å². The van der Waals surface area contributed by atoms with Gasteiger partial charge in [0.2, 0.25) is 5.91 Å². The van der Waals surface area contributed by atoms with Crippen LogP contribution in [0.3, 0.4) is 0 Å². The first-order chi connectivity index (χ1) is 14.7. The number of nitrogens with zero attached hydrogens (tertiary/aromatic N) is 4. The zero-order chi connectivity index (χ0) is 20.5. The second kappa shape index (κ2) is 8.32. The molecule has 0 N–H and O–H groups in total. The quantitative estimate of drug-likeness (QED) is 0.629. The minimum atomic E-state index is 0.0902. The summed E-state index contributed by atoms with van der Waals surface area (Å²) in [5.41, 5.74) is 3.08. The fourth-order valence-corrected chi connectivity index (χ4v) is 5.64. The van der Waals surface area contributed by atoms with Gasteiger partial charge in [-0.1, -0.05) is 35.5 Å². The maximum atomic E-state index is 12.9. The van der Waals surface area contributed by atoms with Gasteiger partial charge < -0.3 is 9.64 Å². The molecule has 5 rings (SSSR count). The molecule has 4 atom stereocenters. The largest absolute Gasteiger partial charge is 0.379 e. The van der Waals surface area contributed by atoms with Crippen LogP contribution >= 0.6 is 11.3 Å². The van der Waals surface area contributed by atoms with E-state index in [4.69, 9.17) is 4.74 Å². The number of thiophene rings is 1. The Balaban J connectivity index is 1.28. The zero-order valence-electron chi connectivity index (χ0n) is 17.1. The summed E-state index contributed by atoms with van der Waals surface area (Å²) < 4.78 is 7.85. The molecule has 1 saturated carbocycles. The van der Waals surface area contributed by atoms with Crippen LogP contribution in [0.25, 0.3) is 11.3 Å². The van der Waals surface area contributed by atoms with Crippen LogP contribution < -0.4 is 0 Å². The molecule has 1 saturated heterocycles. The number of rotatable bonds is 5. The van der Waals surface area contributed by atoms with Crippen LogP contribution in [-0.2, 0) is 16.0 Å². The summed E-state index contributed by atoms with van der Waals surface area (Å²) in [6, 6.07) is 12.2. The number of amides is 1. The summed E-state index contributed by atoms with van der Waals surface area (Å²) in [7, 11) is 1.78. The summed E-state index contributed by atoms with van der Waals surface area (Å²) in [6.45, 7) is 1.66. The molecule has 1 aliphatic carbocycles. The third-order valence-electron chi connectivity index (χ3n) is 6.61. The summed E-state index contributed by atoms with van der Waals surface area (Å²) in [4.78, 5) is 14.9. The Bertz CT molecular complexity index is 988. The molecule has 2 aliphatic rings. The van der Waals surface area contributed by atoms with Crippen LogP contribution in [0.5, 0.6) is 0 Å². The number of carbonyl (C=O) groups excluding carboxylic acids is 1. The molecule has 6 nitrogen and oxygen atoms in total. The van der Waals surface area contributed by atoms with Crippen molar-refractivity contribution in [2.24, 2.45) is 11.8 Å². The Morgan fingerprint density at radius 2 is 1.97 bits per heavy atom. The molecule has 3 aromatic rings. The number of fused-ring (bicyclic) bond motifs is 1. The smallest absolute Gasteiger partial charge is 0.227 e. The van der Waals surface area contributed by atoms with Gasteiger partial charge in [-0.2, -0.15) is 11.3 Å². The SMILES string of the molecule is CO[C@@H]1C[C@H]2CN(C(=O)Cc3ccccc3)C[C@H]2C[C@H]1n1cc(-c2ccsc2)nn1. The van der Waals surface area contributed by atoms with E-state index in [0.717, 1.165) is 42.8 Å². The second-order valence-corrected chi connectivity index (χ2v) is 9.17. The maximum absolute atomic E-state index is 12.9. The van der Waals surface area contributed by atoms with Gasteiger partial charge in [0.15, 0.2) is 0 Å². The first-order valence-corrected chi connectivity index (χ1v) is 11.4. The maximum Gasteiger partial charge on any atom is 0.227 e. The molecular formula is C23H26N4O2S. The molecule has 0 radical (unpaired) electrons. The Kier molecular flexibility index (Phi) is 5.39. The average Bonchev–Trinajstić information content (AvgIpc) is 3.53. The Morgan fingerprint density at radius 3 is 2.70 bits per heavy atom. The standard InChI is InChI=1S/C23H26N4O2S/c1-29-22-11-19-13-26(23(28)9-16-5-3-2-4-6-16)12-18(19)10-21(22)27-14-20(24-25-27)17-7-8-30-15-17/h2-8,14-15,18-19,21-22H,9-13H2,1H3/t18-,19+,21-,22-/m1/s1. The van der Waals surface area contributed by atoms with E-state index < -0.39 is 0 Å². The number of aromatic nitrogens is 3. The lowest BCUT2D eigenvalue weighted by atomic mass is 9.77. The normalized spacial score (nSPS) is 26.0. The predicted molar refractivity (Wildman–Crippen MR) is 116 cm³/mol. The molecule has 0 bridgehead atoms. The minimum Gasteiger partial charge on any atom is -0.379 e. The topological polar surface area (TPSA) is 60.2 Å². The fourth-order valence-electron chi connectivity index (χ4n) is 4.99. The van der Waals surface area contributed by atoms with Gasteiger partial charge in [-0.25, -0.2) is 4.68 Å². The number of carbonyl (C=O) groups is 1. The van der Waals surface area contributed by atoms with Gasteiger partial charge >= 0.3 is 0 Å². The van der Waals surface area contributed by atoms with Gasteiger partial charge in [-0.15, -0.1) is 5.10 Å². The molecule has 2 fully saturated rings. The molecule has 1 aromatic carbocycles. The van der Waals surface area contributed by atoms with E-state index in [0.29, 0.717) is 18.3 Å². The Morgan fingerprint density at radius 1 is 1.17 bits per heavy atom. The average molecular weight is 423 g/mol. The van der Waals surface area contributed by atoms with Crippen molar-refractivity contribution in [3.63, 3.8) is 0 Å². The number of ether oxygens (including phenoxy) is 1. The van der Waals surface area contributed by atoms with Crippen LogP contribution in [-0.4, -0.2) is 52.1 Å².